The van der Waals surface area contributed by atoms with E-state index in [2.05, 4.69) is 10.3 Å². The van der Waals surface area contributed by atoms with Gasteiger partial charge in [0.05, 0.1) is 11.1 Å². The van der Waals surface area contributed by atoms with E-state index in [1.165, 1.54) is 6.20 Å². The van der Waals surface area contributed by atoms with E-state index in [1.54, 1.807) is 12.1 Å². The molecule has 0 aromatic carbocycles. The molecule has 0 radical (unpaired) electrons. The van der Waals surface area contributed by atoms with Crippen molar-refractivity contribution >= 4 is 5.91 Å². The van der Waals surface area contributed by atoms with Gasteiger partial charge in [-0.2, -0.15) is 5.26 Å². The number of carbonyl (C=O) groups excluding carboxylic acids is 1. The summed E-state index contributed by atoms with van der Waals surface area (Å²) >= 11 is 0. The highest BCUT2D eigenvalue weighted by molar-refractivity contribution is 5.92. The molecule has 0 fully saturated rings. The summed E-state index contributed by atoms with van der Waals surface area (Å²) in [6.45, 7) is 4.37. The maximum atomic E-state index is 12.0. The second kappa shape index (κ2) is 6.12. The van der Waals surface area contributed by atoms with E-state index in [9.17, 15) is 4.79 Å². The topological polar surface area (TPSA) is 91.8 Å². The van der Waals surface area contributed by atoms with Crippen molar-refractivity contribution in [1.82, 2.24) is 10.3 Å². The highest BCUT2D eigenvalue weighted by atomic mass is 16.2. The first kappa shape index (κ1) is 14.1. The standard InChI is InChI=1S/C13H18N4O/c1-3-13(4-2,9-15)17-12(18)11-6-5-10(7-14)8-16-11/h5-6,8H,3-4,9,15H2,1-2H3,(H,17,18). The van der Waals surface area contributed by atoms with Gasteiger partial charge in [0.25, 0.3) is 5.91 Å². The van der Waals surface area contributed by atoms with Crippen LogP contribution in [-0.4, -0.2) is 23.0 Å². The quantitative estimate of drug-likeness (QED) is 0.816. The molecule has 0 bridgehead atoms. The molecule has 1 aromatic rings. The third kappa shape index (κ3) is 3.05. The number of hydrogen-bond acceptors (Lipinski definition) is 4. The maximum Gasteiger partial charge on any atom is 0.270 e. The van der Waals surface area contributed by atoms with Crippen LogP contribution < -0.4 is 11.1 Å². The zero-order valence-corrected chi connectivity index (χ0v) is 10.7. The third-order valence-electron chi connectivity index (χ3n) is 3.25. The van der Waals surface area contributed by atoms with Crippen molar-refractivity contribution in [3.05, 3.63) is 29.6 Å². The van der Waals surface area contributed by atoms with Crippen LogP contribution in [0.4, 0.5) is 0 Å². The van der Waals surface area contributed by atoms with E-state index in [0.29, 0.717) is 17.8 Å². The minimum atomic E-state index is -0.382. The fraction of sp³-hybridized carbons (Fsp3) is 0.462. The Morgan fingerprint density at radius 2 is 2.17 bits per heavy atom. The highest BCUT2D eigenvalue weighted by Crippen LogP contribution is 2.14. The molecule has 0 aliphatic rings. The first-order valence-electron chi connectivity index (χ1n) is 5.99. The SMILES string of the molecule is CCC(CC)(CN)NC(=O)c1ccc(C#N)cn1. The van der Waals surface area contributed by atoms with E-state index in [4.69, 9.17) is 11.0 Å². The van der Waals surface area contributed by atoms with Gasteiger partial charge < -0.3 is 11.1 Å². The van der Waals surface area contributed by atoms with Gasteiger partial charge in [-0.25, -0.2) is 4.98 Å². The largest absolute Gasteiger partial charge is 0.344 e. The molecule has 3 N–H and O–H groups in total. The Hall–Kier alpha value is -1.93. The lowest BCUT2D eigenvalue weighted by Crippen LogP contribution is -2.53. The average molecular weight is 246 g/mol. The number of hydrogen-bond donors (Lipinski definition) is 2. The molecular formula is C13H18N4O. The van der Waals surface area contributed by atoms with Crippen molar-refractivity contribution in [1.29, 1.82) is 5.26 Å². The Morgan fingerprint density at radius 3 is 2.56 bits per heavy atom. The first-order valence-corrected chi connectivity index (χ1v) is 5.99. The Labute approximate surface area is 107 Å². The summed E-state index contributed by atoms with van der Waals surface area (Å²) < 4.78 is 0. The molecule has 1 rings (SSSR count). The van der Waals surface area contributed by atoms with Gasteiger partial charge in [-0.3, -0.25) is 4.79 Å². The van der Waals surface area contributed by atoms with Crippen LogP contribution in [0.15, 0.2) is 18.3 Å². The van der Waals surface area contributed by atoms with E-state index in [-0.39, 0.29) is 11.4 Å². The van der Waals surface area contributed by atoms with Crippen molar-refractivity contribution < 1.29 is 4.79 Å². The minimum absolute atomic E-state index is 0.256. The summed E-state index contributed by atoms with van der Waals surface area (Å²) in [5.74, 6) is -0.256. The molecule has 0 aliphatic carbocycles. The van der Waals surface area contributed by atoms with Crippen LogP contribution in [0.25, 0.3) is 0 Å². The number of nitrogens with one attached hydrogen (secondary N) is 1. The van der Waals surface area contributed by atoms with Gasteiger partial charge in [-0.05, 0) is 25.0 Å². The van der Waals surface area contributed by atoms with Crippen LogP contribution in [0.3, 0.4) is 0 Å². The van der Waals surface area contributed by atoms with Gasteiger partial charge in [-0.1, -0.05) is 13.8 Å². The monoisotopic (exact) mass is 246 g/mol. The van der Waals surface area contributed by atoms with Gasteiger partial charge in [-0.15, -0.1) is 0 Å². The van der Waals surface area contributed by atoms with Crippen LogP contribution in [0.1, 0.15) is 42.7 Å². The maximum absolute atomic E-state index is 12.0. The fourth-order valence-corrected chi connectivity index (χ4v) is 1.67. The minimum Gasteiger partial charge on any atom is -0.344 e. The van der Waals surface area contributed by atoms with Gasteiger partial charge in [0.1, 0.15) is 11.8 Å². The molecule has 0 unspecified atom stereocenters. The number of nitrogens with zero attached hydrogens (tertiary/aromatic N) is 2. The molecule has 96 valence electrons. The molecule has 0 spiro atoms. The summed E-state index contributed by atoms with van der Waals surface area (Å²) in [6, 6.07) is 5.08. The second-order valence-corrected chi connectivity index (χ2v) is 4.19. The molecule has 0 aliphatic heterocycles. The lowest BCUT2D eigenvalue weighted by molar-refractivity contribution is 0.0890. The Bertz CT molecular complexity index is 435. The first-order chi connectivity index (χ1) is 8.60. The third-order valence-corrected chi connectivity index (χ3v) is 3.25. The second-order valence-electron chi connectivity index (χ2n) is 4.19. The van der Waals surface area contributed by atoms with Crippen LogP contribution in [-0.2, 0) is 0 Å². The van der Waals surface area contributed by atoms with Gasteiger partial charge in [0.2, 0.25) is 0 Å². The van der Waals surface area contributed by atoms with Crippen molar-refractivity contribution in [2.75, 3.05) is 6.54 Å². The van der Waals surface area contributed by atoms with Gasteiger partial charge >= 0.3 is 0 Å². The summed E-state index contributed by atoms with van der Waals surface area (Å²) in [5.41, 5.74) is 6.07. The Kier molecular flexibility index (Phi) is 4.81. The van der Waals surface area contributed by atoms with Gasteiger partial charge in [0, 0.05) is 12.7 Å². The fourth-order valence-electron chi connectivity index (χ4n) is 1.67. The summed E-state index contributed by atoms with van der Waals surface area (Å²) in [7, 11) is 0. The number of carbonyl (C=O) groups is 1. The number of nitriles is 1. The predicted molar refractivity (Wildman–Crippen MR) is 68.8 cm³/mol. The van der Waals surface area contributed by atoms with Crippen molar-refractivity contribution in [2.24, 2.45) is 5.73 Å². The molecule has 1 heterocycles. The molecule has 0 saturated heterocycles. The van der Waals surface area contributed by atoms with Crippen molar-refractivity contribution in [3.63, 3.8) is 0 Å². The van der Waals surface area contributed by atoms with E-state index in [1.807, 2.05) is 19.9 Å². The van der Waals surface area contributed by atoms with Crippen LogP contribution in [0.5, 0.6) is 0 Å². The molecular weight excluding hydrogens is 228 g/mol. The number of aromatic nitrogens is 1. The summed E-state index contributed by atoms with van der Waals surface area (Å²) in [5, 5.41) is 11.6. The van der Waals surface area contributed by atoms with Gasteiger partial charge in [0.15, 0.2) is 0 Å². The molecule has 5 heteroatoms. The average Bonchev–Trinajstić information content (AvgIpc) is 2.45. The van der Waals surface area contributed by atoms with Crippen LogP contribution in [0.2, 0.25) is 0 Å². The highest BCUT2D eigenvalue weighted by Gasteiger charge is 2.27. The predicted octanol–water partition coefficient (Wildman–Crippen LogP) is 1.20. The van der Waals surface area contributed by atoms with Crippen LogP contribution in [0, 0.1) is 11.3 Å². The lowest BCUT2D eigenvalue weighted by atomic mass is 9.93. The smallest absolute Gasteiger partial charge is 0.270 e. The lowest BCUT2D eigenvalue weighted by Gasteiger charge is -2.31. The molecule has 1 amide bonds. The normalized spacial score (nSPS) is 10.8. The van der Waals surface area contributed by atoms with Crippen LogP contribution >= 0.6 is 0 Å². The molecule has 0 saturated carbocycles. The zero-order chi connectivity index (χ0) is 13.6. The number of amides is 1. The Balaban J connectivity index is 2.84. The molecule has 18 heavy (non-hydrogen) atoms. The molecule has 1 aromatic heterocycles. The van der Waals surface area contributed by atoms with E-state index >= 15 is 0 Å². The molecule has 0 atom stereocenters. The van der Waals surface area contributed by atoms with Crippen molar-refractivity contribution in [3.8, 4) is 6.07 Å². The zero-order valence-electron chi connectivity index (χ0n) is 10.7. The molecule has 5 nitrogen and oxygen atoms in total. The number of rotatable bonds is 5. The summed E-state index contributed by atoms with van der Waals surface area (Å²) in [4.78, 5) is 16.0. The number of pyridine rings is 1. The van der Waals surface area contributed by atoms with Crippen molar-refractivity contribution in [2.45, 2.75) is 32.2 Å². The van der Waals surface area contributed by atoms with E-state index in [0.717, 1.165) is 12.8 Å². The number of nitrogens with two attached hydrogens (primary N) is 1. The summed E-state index contributed by atoms with van der Waals surface area (Å²) in [6.07, 6.45) is 2.92. The Morgan fingerprint density at radius 1 is 1.50 bits per heavy atom. The van der Waals surface area contributed by atoms with E-state index < -0.39 is 0 Å².